The van der Waals surface area contributed by atoms with Gasteiger partial charge in [-0.2, -0.15) is 0 Å². The van der Waals surface area contributed by atoms with Gasteiger partial charge in [-0.15, -0.1) is 24.0 Å². The highest BCUT2D eigenvalue weighted by atomic mass is 127. The van der Waals surface area contributed by atoms with Gasteiger partial charge in [0.2, 0.25) is 5.91 Å². The first kappa shape index (κ1) is 23.5. The quantitative estimate of drug-likeness (QED) is 0.354. The monoisotopic (exact) mass is 452 g/mol. The summed E-state index contributed by atoms with van der Waals surface area (Å²) in [4.78, 5) is 18.8. The second-order valence-electron chi connectivity index (χ2n) is 7.29. The van der Waals surface area contributed by atoms with Crippen LogP contribution in [0.4, 0.5) is 0 Å². The van der Waals surface area contributed by atoms with Crippen molar-refractivity contribution < 1.29 is 4.79 Å². The van der Waals surface area contributed by atoms with E-state index in [1.165, 1.54) is 25.7 Å². The molecule has 5 nitrogen and oxygen atoms in total. The number of guanidine groups is 1. The minimum Gasteiger partial charge on any atom is -0.357 e. The van der Waals surface area contributed by atoms with Crippen LogP contribution in [0.15, 0.2) is 4.99 Å². The minimum atomic E-state index is 0. The molecule has 1 heterocycles. The molecule has 142 valence electrons. The zero-order chi connectivity index (χ0) is 17.3. The molecule has 1 unspecified atom stereocenters. The molecular formula is C18H37IN4O. The van der Waals surface area contributed by atoms with E-state index in [9.17, 15) is 4.79 Å². The van der Waals surface area contributed by atoms with Crippen LogP contribution < -0.4 is 10.6 Å². The molecule has 1 saturated heterocycles. The molecule has 0 radical (unpaired) electrons. The lowest BCUT2D eigenvalue weighted by molar-refractivity contribution is -0.121. The van der Waals surface area contributed by atoms with Crippen LogP contribution in [-0.4, -0.2) is 49.0 Å². The third kappa shape index (κ3) is 8.53. The van der Waals surface area contributed by atoms with E-state index < -0.39 is 0 Å². The summed E-state index contributed by atoms with van der Waals surface area (Å²) in [5.74, 6) is 1.04. The van der Waals surface area contributed by atoms with Crippen LogP contribution >= 0.6 is 24.0 Å². The molecule has 6 heteroatoms. The smallest absolute Gasteiger partial charge is 0.222 e. The standard InChI is InChI=1S/C18H36N4O.HI/c1-6-10-18(5)11-8-13-22(14-18)17(19-7-2)20-12-9-16(23)21-15(3)4;/h15H,6-14H2,1-5H3,(H,19,20)(H,21,23);1H. The summed E-state index contributed by atoms with van der Waals surface area (Å²) in [6, 6.07) is 0.191. The highest BCUT2D eigenvalue weighted by Crippen LogP contribution is 2.33. The van der Waals surface area contributed by atoms with Crippen molar-refractivity contribution >= 4 is 35.8 Å². The Balaban J connectivity index is 0.00000529. The lowest BCUT2D eigenvalue weighted by Gasteiger charge is -2.42. The maximum absolute atomic E-state index is 11.7. The van der Waals surface area contributed by atoms with Crippen LogP contribution in [0, 0.1) is 5.41 Å². The van der Waals surface area contributed by atoms with Gasteiger partial charge in [-0.1, -0.05) is 20.3 Å². The fourth-order valence-electron chi connectivity index (χ4n) is 3.39. The molecule has 0 aromatic heterocycles. The van der Waals surface area contributed by atoms with Gasteiger partial charge in [0, 0.05) is 32.1 Å². The van der Waals surface area contributed by atoms with Crippen molar-refractivity contribution in [3.8, 4) is 0 Å². The number of likely N-dealkylation sites (tertiary alicyclic amines) is 1. The number of carbonyl (C=O) groups excluding carboxylic acids is 1. The van der Waals surface area contributed by atoms with Crippen LogP contribution in [-0.2, 0) is 4.79 Å². The Morgan fingerprint density at radius 2 is 2.04 bits per heavy atom. The minimum absolute atomic E-state index is 0. The van der Waals surface area contributed by atoms with Gasteiger partial charge < -0.3 is 15.5 Å². The number of rotatable bonds is 7. The Bertz CT molecular complexity index is 396. The third-order valence-electron chi connectivity index (χ3n) is 4.32. The van der Waals surface area contributed by atoms with Crippen molar-refractivity contribution in [2.24, 2.45) is 10.4 Å². The van der Waals surface area contributed by atoms with Gasteiger partial charge in [0.15, 0.2) is 5.96 Å². The number of nitrogens with one attached hydrogen (secondary N) is 2. The van der Waals surface area contributed by atoms with Crippen molar-refractivity contribution in [2.45, 2.75) is 72.8 Å². The number of hydrogen-bond donors (Lipinski definition) is 2. The molecular weight excluding hydrogens is 415 g/mol. The molecule has 0 bridgehead atoms. The van der Waals surface area contributed by atoms with E-state index in [-0.39, 0.29) is 35.9 Å². The van der Waals surface area contributed by atoms with Crippen molar-refractivity contribution in [2.75, 3.05) is 26.2 Å². The van der Waals surface area contributed by atoms with Crippen LogP contribution in [0.2, 0.25) is 0 Å². The second-order valence-corrected chi connectivity index (χ2v) is 7.29. The van der Waals surface area contributed by atoms with Crippen molar-refractivity contribution in [1.29, 1.82) is 0 Å². The number of hydrogen-bond acceptors (Lipinski definition) is 2. The average molecular weight is 452 g/mol. The molecule has 0 spiro atoms. The highest BCUT2D eigenvalue weighted by Gasteiger charge is 2.31. The zero-order valence-corrected chi connectivity index (χ0v) is 18.5. The Kier molecular flexibility index (Phi) is 11.7. The first-order valence-electron chi connectivity index (χ1n) is 9.23. The van der Waals surface area contributed by atoms with Crippen LogP contribution in [0.1, 0.15) is 66.7 Å². The van der Waals surface area contributed by atoms with Crippen molar-refractivity contribution in [3.63, 3.8) is 0 Å². The summed E-state index contributed by atoms with van der Waals surface area (Å²) >= 11 is 0. The van der Waals surface area contributed by atoms with Crippen LogP contribution in [0.3, 0.4) is 0 Å². The van der Waals surface area contributed by atoms with Crippen molar-refractivity contribution in [1.82, 2.24) is 15.5 Å². The average Bonchev–Trinajstić information content (AvgIpc) is 2.45. The van der Waals surface area contributed by atoms with Gasteiger partial charge >= 0.3 is 0 Å². The van der Waals surface area contributed by atoms with E-state index in [0.717, 1.165) is 25.6 Å². The molecule has 0 aromatic carbocycles. The molecule has 0 aliphatic carbocycles. The number of aliphatic imine (C=N–C) groups is 1. The molecule has 0 aromatic rings. The number of nitrogens with zero attached hydrogens (tertiary/aromatic N) is 2. The van der Waals surface area contributed by atoms with Gasteiger partial charge in [-0.3, -0.25) is 9.79 Å². The van der Waals surface area contributed by atoms with E-state index in [2.05, 4.69) is 41.3 Å². The maximum atomic E-state index is 11.7. The molecule has 24 heavy (non-hydrogen) atoms. The molecule has 1 atom stereocenters. The number of amides is 1. The predicted molar refractivity (Wildman–Crippen MR) is 113 cm³/mol. The summed E-state index contributed by atoms with van der Waals surface area (Å²) in [5.41, 5.74) is 0.387. The second kappa shape index (κ2) is 11.9. The summed E-state index contributed by atoms with van der Waals surface area (Å²) in [7, 11) is 0. The maximum Gasteiger partial charge on any atom is 0.222 e. The van der Waals surface area contributed by atoms with Gasteiger partial charge in [0.1, 0.15) is 0 Å². The fourth-order valence-corrected chi connectivity index (χ4v) is 3.39. The first-order chi connectivity index (χ1) is 10.9. The largest absolute Gasteiger partial charge is 0.357 e. The SMILES string of the molecule is CCCC1(C)CCCN(C(=NCCC(=O)NC(C)C)NCC)C1.I. The molecule has 2 N–H and O–H groups in total. The van der Waals surface area contributed by atoms with Gasteiger partial charge in [0.05, 0.1) is 6.54 Å². The van der Waals surface area contributed by atoms with Crippen LogP contribution in [0.25, 0.3) is 0 Å². The number of carbonyl (C=O) groups is 1. The topological polar surface area (TPSA) is 56.7 Å². The van der Waals surface area contributed by atoms with E-state index in [0.29, 0.717) is 18.4 Å². The van der Waals surface area contributed by atoms with Gasteiger partial charge in [-0.05, 0) is 45.4 Å². The molecule has 1 amide bonds. The Hall–Kier alpha value is -0.530. The van der Waals surface area contributed by atoms with Crippen LogP contribution in [0.5, 0.6) is 0 Å². The number of piperidine rings is 1. The summed E-state index contributed by atoms with van der Waals surface area (Å²) < 4.78 is 0. The predicted octanol–water partition coefficient (Wildman–Crippen LogP) is 3.39. The summed E-state index contributed by atoms with van der Waals surface area (Å²) in [6.07, 6.45) is 5.46. The van der Waals surface area contributed by atoms with Crippen molar-refractivity contribution in [3.05, 3.63) is 0 Å². The Morgan fingerprint density at radius 3 is 2.62 bits per heavy atom. The fraction of sp³-hybridized carbons (Fsp3) is 0.889. The molecule has 0 saturated carbocycles. The van der Waals surface area contributed by atoms with E-state index in [4.69, 9.17) is 0 Å². The van der Waals surface area contributed by atoms with Gasteiger partial charge in [-0.25, -0.2) is 0 Å². The lowest BCUT2D eigenvalue weighted by Crippen LogP contribution is -2.50. The highest BCUT2D eigenvalue weighted by molar-refractivity contribution is 14.0. The molecule has 1 rings (SSSR count). The van der Waals surface area contributed by atoms with E-state index in [1.807, 2.05) is 13.8 Å². The summed E-state index contributed by atoms with van der Waals surface area (Å²) in [5, 5.41) is 6.31. The Morgan fingerprint density at radius 1 is 1.33 bits per heavy atom. The normalized spacial score (nSPS) is 21.4. The zero-order valence-electron chi connectivity index (χ0n) is 16.2. The number of halogens is 1. The molecule has 1 aliphatic heterocycles. The van der Waals surface area contributed by atoms with Gasteiger partial charge in [0.25, 0.3) is 0 Å². The van der Waals surface area contributed by atoms with E-state index >= 15 is 0 Å². The first-order valence-corrected chi connectivity index (χ1v) is 9.23. The lowest BCUT2D eigenvalue weighted by atomic mass is 9.78. The third-order valence-corrected chi connectivity index (χ3v) is 4.32. The molecule has 1 fully saturated rings. The molecule has 1 aliphatic rings. The Labute approximate surface area is 165 Å². The van der Waals surface area contributed by atoms with E-state index in [1.54, 1.807) is 0 Å². The summed E-state index contributed by atoms with van der Waals surface area (Å²) in [6.45, 7) is 14.2.